The first-order chi connectivity index (χ1) is 12.3. The van der Waals surface area contributed by atoms with Gasteiger partial charge in [-0.05, 0) is 35.9 Å². The first-order valence-corrected chi connectivity index (χ1v) is 8.59. The van der Waals surface area contributed by atoms with E-state index in [0.717, 1.165) is 38.2 Å². The fourth-order valence-electron chi connectivity index (χ4n) is 2.88. The lowest BCUT2D eigenvalue weighted by atomic mass is 10.1. The van der Waals surface area contributed by atoms with E-state index >= 15 is 0 Å². The van der Waals surface area contributed by atoms with Crippen LogP contribution in [0.3, 0.4) is 0 Å². The average Bonchev–Trinajstić information content (AvgIpc) is 3.01. The molecule has 0 amide bonds. The summed E-state index contributed by atoms with van der Waals surface area (Å²) in [4.78, 5) is 8.68. The van der Waals surface area contributed by atoms with Gasteiger partial charge in [-0.3, -0.25) is 4.98 Å². The topological polar surface area (TPSA) is 52.3 Å². The van der Waals surface area contributed by atoms with E-state index in [1.54, 1.807) is 19.5 Å². The zero-order valence-corrected chi connectivity index (χ0v) is 15.1. The Balaban J connectivity index is 1.99. The summed E-state index contributed by atoms with van der Waals surface area (Å²) in [5.74, 6) is 0. The Hall–Kier alpha value is -2.57. The second-order valence-electron chi connectivity index (χ2n) is 5.56. The van der Waals surface area contributed by atoms with Crippen molar-refractivity contribution in [3.8, 4) is 22.4 Å². The summed E-state index contributed by atoms with van der Waals surface area (Å²) in [6.45, 7) is 0.421. The number of rotatable bonds is 4. The molecule has 0 atom stereocenters. The first-order valence-electron chi connectivity index (χ1n) is 7.80. The zero-order chi connectivity index (χ0) is 17.2. The smallest absolute Gasteiger partial charge is 0.163 e. The molecule has 0 N–H and O–H groups in total. The quantitative estimate of drug-likeness (QED) is 0.515. The van der Waals surface area contributed by atoms with Gasteiger partial charge in [-0.1, -0.05) is 28.1 Å². The number of hydrogen-bond donors (Lipinski definition) is 0. The van der Waals surface area contributed by atoms with Gasteiger partial charge in [-0.25, -0.2) is 9.50 Å². The minimum absolute atomic E-state index is 0.421. The molecule has 0 fully saturated rings. The number of aromatic nitrogens is 4. The second kappa shape index (κ2) is 6.74. The normalized spacial score (nSPS) is 11.1. The van der Waals surface area contributed by atoms with Gasteiger partial charge in [0.1, 0.15) is 0 Å². The Morgan fingerprint density at radius 2 is 1.72 bits per heavy atom. The van der Waals surface area contributed by atoms with E-state index in [4.69, 9.17) is 9.84 Å². The van der Waals surface area contributed by atoms with Crippen LogP contribution >= 0.6 is 15.9 Å². The molecule has 0 saturated heterocycles. The molecular weight excluding hydrogens is 380 g/mol. The van der Waals surface area contributed by atoms with Crippen molar-refractivity contribution in [3.63, 3.8) is 0 Å². The number of pyridine rings is 1. The third-order valence-electron chi connectivity index (χ3n) is 3.98. The van der Waals surface area contributed by atoms with Crippen LogP contribution in [0.4, 0.5) is 0 Å². The molecule has 124 valence electrons. The van der Waals surface area contributed by atoms with Crippen LogP contribution in [0.25, 0.3) is 28.0 Å². The van der Waals surface area contributed by atoms with Crippen molar-refractivity contribution in [2.24, 2.45) is 0 Å². The maximum atomic E-state index is 5.37. The van der Waals surface area contributed by atoms with Crippen LogP contribution in [0.1, 0.15) is 5.69 Å². The number of ether oxygens (including phenoxy) is 1. The van der Waals surface area contributed by atoms with Gasteiger partial charge in [0.25, 0.3) is 0 Å². The highest BCUT2D eigenvalue weighted by molar-refractivity contribution is 9.10. The predicted molar refractivity (Wildman–Crippen MR) is 100 cm³/mol. The van der Waals surface area contributed by atoms with E-state index in [2.05, 4.69) is 38.0 Å². The van der Waals surface area contributed by atoms with Gasteiger partial charge in [-0.2, -0.15) is 5.10 Å². The first kappa shape index (κ1) is 15.9. The van der Waals surface area contributed by atoms with Crippen molar-refractivity contribution < 1.29 is 4.74 Å². The van der Waals surface area contributed by atoms with Crippen LogP contribution in [0, 0.1) is 0 Å². The molecule has 6 heteroatoms. The highest BCUT2D eigenvalue weighted by atomic mass is 79.9. The van der Waals surface area contributed by atoms with Crippen LogP contribution in [-0.2, 0) is 11.3 Å². The second-order valence-corrected chi connectivity index (χ2v) is 6.48. The van der Waals surface area contributed by atoms with E-state index in [9.17, 15) is 0 Å². The number of fused-ring (bicyclic) bond motifs is 1. The molecule has 0 bridgehead atoms. The summed E-state index contributed by atoms with van der Waals surface area (Å²) in [6.07, 6.45) is 5.36. The van der Waals surface area contributed by atoms with E-state index in [1.165, 1.54) is 0 Å². The van der Waals surface area contributed by atoms with Crippen molar-refractivity contribution in [1.29, 1.82) is 0 Å². The largest absolute Gasteiger partial charge is 0.378 e. The highest BCUT2D eigenvalue weighted by Crippen LogP contribution is 2.31. The summed E-state index contributed by atoms with van der Waals surface area (Å²) >= 11 is 3.48. The molecular formula is C19H15BrN4O. The Bertz CT molecular complexity index is 1010. The van der Waals surface area contributed by atoms with Gasteiger partial charge < -0.3 is 4.74 Å². The fourth-order valence-corrected chi connectivity index (χ4v) is 3.14. The van der Waals surface area contributed by atoms with Gasteiger partial charge in [0.15, 0.2) is 5.65 Å². The molecule has 3 heterocycles. The molecule has 0 aliphatic carbocycles. The molecule has 1 aromatic carbocycles. The molecule has 0 unspecified atom stereocenters. The van der Waals surface area contributed by atoms with Gasteiger partial charge >= 0.3 is 0 Å². The molecule has 4 rings (SSSR count). The fraction of sp³-hybridized carbons (Fsp3) is 0.105. The zero-order valence-electron chi connectivity index (χ0n) is 13.6. The van der Waals surface area contributed by atoms with E-state index in [1.807, 2.05) is 41.0 Å². The van der Waals surface area contributed by atoms with Crippen molar-refractivity contribution in [3.05, 3.63) is 71.2 Å². The lowest BCUT2D eigenvalue weighted by molar-refractivity contribution is 0.181. The van der Waals surface area contributed by atoms with E-state index in [-0.39, 0.29) is 0 Å². The summed E-state index contributed by atoms with van der Waals surface area (Å²) in [7, 11) is 1.67. The number of benzene rings is 1. The average molecular weight is 395 g/mol. The standard InChI is InChI=1S/C19H15BrN4O/c1-25-12-16-18(14-2-4-15(20)5-3-14)19-22-11-8-17(24(19)23-16)13-6-9-21-10-7-13/h2-11H,12H2,1H3. The summed E-state index contributed by atoms with van der Waals surface area (Å²) in [5.41, 5.74) is 5.72. The minimum atomic E-state index is 0.421. The lowest BCUT2D eigenvalue weighted by Crippen LogP contribution is -1.96. The molecule has 25 heavy (non-hydrogen) atoms. The summed E-state index contributed by atoms with van der Waals surface area (Å²) in [6, 6.07) is 14.0. The Morgan fingerprint density at radius 3 is 2.44 bits per heavy atom. The Kier molecular flexibility index (Phi) is 4.29. The molecule has 0 saturated carbocycles. The summed E-state index contributed by atoms with van der Waals surface area (Å²) < 4.78 is 8.28. The molecule has 5 nitrogen and oxygen atoms in total. The number of methoxy groups -OCH3 is 1. The van der Waals surface area contributed by atoms with Crippen molar-refractivity contribution in [2.45, 2.75) is 6.61 Å². The van der Waals surface area contributed by atoms with Gasteiger partial charge in [-0.15, -0.1) is 0 Å². The monoisotopic (exact) mass is 394 g/mol. The molecule has 4 aromatic rings. The van der Waals surface area contributed by atoms with Crippen molar-refractivity contribution >= 4 is 21.6 Å². The maximum absolute atomic E-state index is 5.37. The number of hydrogen-bond acceptors (Lipinski definition) is 4. The number of halogens is 1. The van der Waals surface area contributed by atoms with Crippen molar-refractivity contribution in [2.75, 3.05) is 7.11 Å². The highest BCUT2D eigenvalue weighted by Gasteiger charge is 2.18. The van der Waals surface area contributed by atoms with Gasteiger partial charge in [0.05, 0.1) is 23.6 Å². The van der Waals surface area contributed by atoms with Crippen LogP contribution in [-0.4, -0.2) is 26.7 Å². The lowest BCUT2D eigenvalue weighted by Gasteiger charge is -2.05. The number of nitrogens with zero attached hydrogens (tertiary/aromatic N) is 4. The third kappa shape index (κ3) is 2.94. The van der Waals surface area contributed by atoms with Gasteiger partial charge in [0.2, 0.25) is 0 Å². The molecule has 0 spiro atoms. The molecule has 0 aliphatic rings. The Labute approximate surface area is 153 Å². The van der Waals surface area contributed by atoms with Crippen LogP contribution in [0.2, 0.25) is 0 Å². The molecule has 0 aliphatic heterocycles. The Morgan fingerprint density at radius 1 is 0.960 bits per heavy atom. The molecule has 0 radical (unpaired) electrons. The van der Waals surface area contributed by atoms with Gasteiger partial charge in [0, 0.05) is 35.7 Å². The van der Waals surface area contributed by atoms with E-state index in [0.29, 0.717) is 6.61 Å². The van der Waals surface area contributed by atoms with Crippen LogP contribution in [0.5, 0.6) is 0 Å². The van der Waals surface area contributed by atoms with Crippen molar-refractivity contribution in [1.82, 2.24) is 19.6 Å². The van der Waals surface area contributed by atoms with E-state index < -0.39 is 0 Å². The SMILES string of the molecule is COCc1nn2c(-c3ccncc3)ccnc2c1-c1ccc(Br)cc1. The predicted octanol–water partition coefficient (Wildman–Crippen LogP) is 4.37. The third-order valence-corrected chi connectivity index (χ3v) is 4.51. The summed E-state index contributed by atoms with van der Waals surface area (Å²) in [5, 5.41) is 4.77. The maximum Gasteiger partial charge on any atom is 0.163 e. The molecule has 3 aromatic heterocycles. The minimum Gasteiger partial charge on any atom is -0.378 e. The van der Waals surface area contributed by atoms with Crippen LogP contribution < -0.4 is 0 Å². The van der Waals surface area contributed by atoms with Crippen LogP contribution in [0.15, 0.2) is 65.5 Å².